The number of allylic oxidation sites excluding steroid dienone is 10. The SMILES string of the molecule is CCCCCCCC(=O)CCC(=O)CCP(=O)(O)OCCC/C(C)=C/CC/C(C)=C/CC/C=C(\C)CC/C=C(\C)CCC=C(C)C. The molecule has 0 saturated carbocycles. The maximum Gasteiger partial charge on any atom is 0.328 e. The Labute approximate surface area is 283 Å². The smallest absolute Gasteiger partial charge is 0.324 e. The Morgan fingerprint density at radius 2 is 1.00 bits per heavy atom. The van der Waals surface area contributed by atoms with Crippen molar-refractivity contribution < 1.29 is 23.6 Å². The van der Waals surface area contributed by atoms with Crippen LogP contribution in [0.15, 0.2) is 58.2 Å². The lowest BCUT2D eigenvalue weighted by Gasteiger charge is -2.12. The number of carbonyl (C=O) groups excluding carboxylic acids is 2. The number of rotatable bonds is 29. The minimum absolute atomic E-state index is 0.0199. The zero-order valence-corrected chi connectivity index (χ0v) is 31.7. The van der Waals surface area contributed by atoms with E-state index >= 15 is 0 Å². The maximum absolute atomic E-state index is 12.3. The molecule has 0 amide bonds. The Balaban J connectivity index is 4.09. The first kappa shape index (κ1) is 44.2. The second kappa shape index (κ2) is 28.2. The summed E-state index contributed by atoms with van der Waals surface area (Å²) in [6.45, 7) is 15.4. The normalized spacial score (nSPS) is 14.3. The molecule has 0 aliphatic carbocycles. The molecule has 1 N–H and O–H groups in total. The molecule has 46 heavy (non-hydrogen) atoms. The molecule has 0 aromatic carbocycles. The molecular weight excluding hydrogens is 591 g/mol. The summed E-state index contributed by atoms with van der Waals surface area (Å²) >= 11 is 0. The zero-order valence-electron chi connectivity index (χ0n) is 30.8. The molecule has 0 aliphatic heterocycles. The summed E-state index contributed by atoms with van der Waals surface area (Å²) in [4.78, 5) is 34.2. The fourth-order valence-electron chi connectivity index (χ4n) is 5.09. The van der Waals surface area contributed by atoms with Gasteiger partial charge in [-0.15, -0.1) is 0 Å². The molecule has 264 valence electrons. The van der Waals surface area contributed by atoms with E-state index in [2.05, 4.69) is 78.8 Å². The minimum atomic E-state index is -3.79. The third-order valence-corrected chi connectivity index (χ3v) is 9.60. The molecule has 0 radical (unpaired) electrons. The zero-order chi connectivity index (χ0) is 34.6. The average molecular weight is 661 g/mol. The van der Waals surface area contributed by atoms with Gasteiger partial charge in [0.2, 0.25) is 0 Å². The van der Waals surface area contributed by atoms with Gasteiger partial charge in [0.15, 0.2) is 0 Å². The van der Waals surface area contributed by atoms with Gasteiger partial charge in [-0.25, -0.2) is 0 Å². The van der Waals surface area contributed by atoms with E-state index in [1.807, 2.05) is 0 Å². The van der Waals surface area contributed by atoms with Crippen LogP contribution in [-0.4, -0.2) is 29.2 Å². The monoisotopic (exact) mass is 660 g/mol. The summed E-state index contributed by atoms with van der Waals surface area (Å²) in [5, 5.41) is 0. The molecule has 0 aromatic heterocycles. The van der Waals surface area contributed by atoms with E-state index < -0.39 is 7.60 Å². The predicted molar refractivity (Wildman–Crippen MR) is 199 cm³/mol. The molecule has 0 fully saturated rings. The van der Waals surface area contributed by atoms with E-state index in [1.165, 1.54) is 40.7 Å². The van der Waals surface area contributed by atoms with Gasteiger partial charge in [-0.05, 0) is 112 Å². The van der Waals surface area contributed by atoms with Crippen molar-refractivity contribution >= 4 is 19.2 Å². The molecule has 0 aromatic rings. The second-order valence-corrected chi connectivity index (χ2v) is 15.4. The summed E-state index contributed by atoms with van der Waals surface area (Å²) < 4.78 is 17.6. The van der Waals surface area contributed by atoms with E-state index in [1.54, 1.807) is 0 Å². The van der Waals surface area contributed by atoms with Gasteiger partial charge < -0.3 is 9.42 Å². The molecule has 0 bridgehead atoms. The Morgan fingerprint density at radius 1 is 0.543 bits per heavy atom. The topological polar surface area (TPSA) is 80.7 Å². The van der Waals surface area contributed by atoms with Crippen molar-refractivity contribution in [2.45, 2.75) is 170 Å². The van der Waals surface area contributed by atoms with Crippen molar-refractivity contribution in [2.24, 2.45) is 0 Å². The molecular formula is C40H69O5P. The first-order valence-electron chi connectivity index (χ1n) is 18.1. The Kier molecular flexibility index (Phi) is 27.1. The van der Waals surface area contributed by atoms with Crippen LogP contribution in [-0.2, 0) is 18.7 Å². The van der Waals surface area contributed by atoms with E-state index in [9.17, 15) is 19.0 Å². The van der Waals surface area contributed by atoms with Crippen molar-refractivity contribution in [3.63, 3.8) is 0 Å². The fraction of sp³-hybridized carbons (Fsp3) is 0.700. The first-order chi connectivity index (χ1) is 21.8. The molecule has 1 atom stereocenters. The van der Waals surface area contributed by atoms with Gasteiger partial charge in [-0.2, -0.15) is 0 Å². The summed E-state index contributed by atoms with van der Waals surface area (Å²) in [6, 6.07) is 0. The van der Waals surface area contributed by atoms with E-state index in [4.69, 9.17) is 4.52 Å². The minimum Gasteiger partial charge on any atom is -0.324 e. The second-order valence-electron chi connectivity index (χ2n) is 13.5. The summed E-state index contributed by atoms with van der Waals surface area (Å²) in [5.41, 5.74) is 7.03. The number of carbonyl (C=O) groups is 2. The lowest BCUT2D eigenvalue weighted by atomic mass is 10.0. The first-order valence-corrected chi connectivity index (χ1v) is 19.9. The van der Waals surface area contributed by atoms with Crippen LogP contribution in [0.4, 0.5) is 0 Å². The van der Waals surface area contributed by atoms with Crippen molar-refractivity contribution in [1.29, 1.82) is 0 Å². The van der Waals surface area contributed by atoms with Crippen molar-refractivity contribution in [3.05, 3.63) is 58.2 Å². The van der Waals surface area contributed by atoms with Crippen LogP contribution in [0.1, 0.15) is 170 Å². The van der Waals surface area contributed by atoms with Crippen LogP contribution in [0.5, 0.6) is 0 Å². The number of hydrogen-bond donors (Lipinski definition) is 1. The van der Waals surface area contributed by atoms with E-state index in [0.29, 0.717) is 12.8 Å². The summed E-state index contributed by atoms with van der Waals surface area (Å²) in [7, 11) is -3.79. The molecule has 1 unspecified atom stereocenters. The molecule has 6 heteroatoms. The fourth-order valence-corrected chi connectivity index (χ4v) is 6.17. The molecule has 0 rings (SSSR count). The predicted octanol–water partition coefficient (Wildman–Crippen LogP) is 12.5. The number of unbranched alkanes of at least 4 members (excludes halogenated alkanes) is 5. The molecule has 0 saturated heterocycles. The van der Waals surface area contributed by atoms with Crippen LogP contribution in [0.25, 0.3) is 0 Å². The third-order valence-electron chi connectivity index (χ3n) is 8.23. The van der Waals surface area contributed by atoms with Crippen LogP contribution in [0, 0.1) is 0 Å². The van der Waals surface area contributed by atoms with Gasteiger partial charge >= 0.3 is 7.60 Å². The Bertz CT molecular complexity index is 1060. The Morgan fingerprint density at radius 3 is 1.52 bits per heavy atom. The van der Waals surface area contributed by atoms with Gasteiger partial charge in [-0.1, -0.05) is 90.9 Å². The number of Topliss-reactive ketones (excluding diaryl/α,β-unsaturated/α-hetero) is 2. The molecule has 5 nitrogen and oxygen atoms in total. The third kappa shape index (κ3) is 29.6. The quantitative estimate of drug-likeness (QED) is 0.0490. The van der Waals surface area contributed by atoms with Gasteiger partial charge in [0.1, 0.15) is 11.6 Å². The van der Waals surface area contributed by atoms with Gasteiger partial charge in [0, 0.05) is 25.7 Å². The highest BCUT2D eigenvalue weighted by Crippen LogP contribution is 2.42. The van der Waals surface area contributed by atoms with Crippen molar-refractivity contribution in [1.82, 2.24) is 0 Å². The van der Waals surface area contributed by atoms with Crippen molar-refractivity contribution in [3.8, 4) is 0 Å². The number of hydrogen-bond acceptors (Lipinski definition) is 4. The van der Waals surface area contributed by atoms with Gasteiger partial charge in [0.05, 0.1) is 12.8 Å². The highest BCUT2D eigenvalue weighted by atomic mass is 31.2. The van der Waals surface area contributed by atoms with Crippen LogP contribution < -0.4 is 0 Å². The lowest BCUT2D eigenvalue weighted by molar-refractivity contribution is -0.124. The molecule has 0 heterocycles. The number of ketones is 2. The van der Waals surface area contributed by atoms with Gasteiger partial charge in [-0.3, -0.25) is 14.2 Å². The highest BCUT2D eigenvalue weighted by molar-refractivity contribution is 7.52. The standard InChI is InChI=1S/C40H69O5P/c1-8-9-10-11-12-28-39(41)29-30-40(42)31-33-46(43,44)45-32-18-27-38(7)26-17-24-36(5)21-14-13-20-35(4)23-16-25-37(6)22-15-19-34(2)3/h19-21,25-26H,8-18,22-24,27-33H2,1-7H3,(H,43,44)/b35-20+,36-21+,37-25+,38-26+. The average Bonchev–Trinajstić information content (AvgIpc) is 2.99. The van der Waals surface area contributed by atoms with Gasteiger partial charge in [0.25, 0.3) is 0 Å². The lowest BCUT2D eigenvalue weighted by Crippen LogP contribution is -2.07. The molecule has 0 spiro atoms. The van der Waals surface area contributed by atoms with Crippen LogP contribution >= 0.6 is 7.60 Å². The highest BCUT2D eigenvalue weighted by Gasteiger charge is 2.21. The molecule has 0 aliphatic rings. The van der Waals surface area contributed by atoms with Crippen molar-refractivity contribution in [2.75, 3.05) is 12.8 Å². The summed E-state index contributed by atoms with van der Waals surface area (Å²) in [5.74, 6) is -0.0382. The Hall–Kier alpha value is -1.81. The summed E-state index contributed by atoms with van der Waals surface area (Å²) in [6.07, 6.45) is 28.1. The van der Waals surface area contributed by atoms with Crippen LogP contribution in [0.3, 0.4) is 0 Å². The largest absolute Gasteiger partial charge is 0.328 e. The van der Waals surface area contributed by atoms with Crippen LogP contribution in [0.2, 0.25) is 0 Å². The maximum atomic E-state index is 12.3. The van der Waals surface area contributed by atoms with E-state index in [0.717, 1.165) is 77.0 Å². The van der Waals surface area contributed by atoms with E-state index in [-0.39, 0.29) is 43.6 Å².